The Morgan fingerprint density at radius 1 is 1.19 bits per heavy atom. The number of halogens is 2. The lowest BCUT2D eigenvalue weighted by Gasteiger charge is -2.13. The van der Waals surface area contributed by atoms with E-state index in [9.17, 15) is 14.3 Å². The van der Waals surface area contributed by atoms with Gasteiger partial charge in [0.2, 0.25) is 5.91 Å². The van der Waals surface area contributed by atoms with Gasteiger partial charge in [0.1, 0.15) is 5.82 Å². The van der Waals surface area contributed by atoms with Gasteiger partial charge in [0, 0.05) is 17.1 Å². The average molecular weight is 308 g/mol. The van der Waals surface area contributed by atoms with Crippen LogP contribution >= 0.6 is 11.6 Å². The fraction of sp³-hybridized carbons (Fsp3) is 0.188. The summed E-state index contributed by atoms with van der Waals surface area (Å²) in [6.07, 6.45) is -0.730. The van der Waals surface area contributed by atoms with Gasteiger partial charge in [0.15, 0.2) is 0 Å². The lowest BCUT2D eigenvalue weighted by Crippen LogP contribution is -2.29. The van der Waals surface area contributed by atoms with Gasteiger partial charge < -0.3 is 10.4 Å². The first-order valence-electron chi connectivity index (χ1n) is 6.50. The average Bonchev–Trinajstić information content (AvgIpc) is 2.48. The Balaban J connectivity index is 1.86. The van der Waals surface area contributed by atoms with Crippen molar-refractivity contribution >= 4 is 17.5 Å². The number of amides is 1. The summed E-state index contributed by atoms with van der Waals surface area (Å²) in [4.78, 5) is 11.8. The Bertz CT molecular complexity index is 616. The maximum absolute atomic E-state index is 12.8. The van der Waals surface area contributed by atoms with Crippen LogP contribution in [-0.4, -0.2) is 17.6 Å². The zero-order valence-corrected chi connectivity index (χ0v) is 12.0. The van der Waals surface area contributed by atoms with Crippen LogP contribution in [0.15, 0.2) is 48.5 Å². The monoisotopic (exact) mass is 307 g/mol. The minimum absolute atomic E-state index is 0.0732. The maximum Gasteiger partial charge on any atom is 0.224 e. The standard InChI is InChI=1S/C16H15ClFNO2/c17-14-4-2-1-3-13(14)15(20)10-19-16(21)9-11-5-7-12(18)8-6-11/h1-8,15,20H,9-10H2,(H,19,21). The molecule has 5 heteroatoms. The third-order valence-electron chi connectivity index (χ3n) is 3.03. The minimum Gasteiger partial charge on any atom is -0.387 e. The summed E-state index contributed by atoms with van der Waals surface area (Å²) >= 11 is 5.97. The largest absolute Gasteiger partial charge is 0.387 e. The Morgan fingerprint density at radius 2 is 1.86 bits per heavy atom. The number of hydrogen-bond donors (Lipinski definition) is 2. The molecular formula is C16H15ClFNO2. The van der Waals surface area contributed by atoms with Crippen molar-refractivity contribution in [3.63, 3.8) is 0 Å². The molecule has 0 spiro atoms. The number of hydrogen-bond acceptors (Lipinski definition) is 2. The highest BCUT2D eigenvalue weighted by Crippen LogP contribution is 2.21. The summed E-state index contributed by atoms with van der Waals surface area (Å²) in [7, 11) is 0. The first-order valence-corrected chi connectivity index (χ1v) is 6.87. The number of aliphatic hydroxyl groups excluding tert-OH is 1. The number of carbonyl (C=O) groups excluding carboxylic acids is 1. The van der Waals surface area contributed by atoms with Crippen LogP contribution in [0.3, 0.4) is 0 Å². The van der Waals surface area contributed by atoms with E-state index in [2.05, 4.69) is 5.32 Å². The SMILES string of the molecule is O=C(Cc1ccc(F)cc1)NCC(O)c1ccccc1Cl. The third kappa shape index (κ3) is 4.55. The zero-order chi connectivity index (χ0) is 15.2. The molecule has 0 heterocycles. The van der Waals surface area contributed by atoms with Crippen molar-refractivity contribution in [2.75, 3.05) is 6.54 Å². The summed E-state index contributed by atoms with van der Waals surface area (Å²) in [5.74, 6) is -0.582. The first-order chi connectivity index (χ1) is 10.1. The van der Waals surface area contributed by atoms with E-state index in [1.54, 1.807) is 36.4 Å². The molecule has 0 saturated heterocycles. The van der Waals surface area contributed by atoms with Crippen molar-refractivity contribution in [2.24, 2.45) is 0 Å². The van der Waals surface area contributed by atoms with Crippen molar-refractivity contribution in [3.8, 4) is 0 Å². The van der Waals surface area contributed by atoms with Gasteiger partial charge in [0.25, 0.3) is 0 Å². The number of benzene rings is 2. The molecule has 0 aromatic heterocycles. The summed E-state index contributed by atoms with van der Waals surface area (Å²) < 4.78 is 12.8. The molecule has 3 nitrogen and oxygen atoms in total. The second-order valence-corrected chi connectivity index (χ2v) is 5.05. The van der Waals surface area contributed by atoms with Crippen LogP contribution in [-0.2, 0) is 11.2 Å². The van der Waals surface area contributed by atoms with Crippen molar-refractivity contribution < 1.29 is 14.3 Å². The fourth-order valence-electron chi connectivity index (χ4n) is 1.92. The number of nitrogens with one attached hydrogen (secondary N) is 1. The van der Waals surface area contributed by atoms with E-state index in [1.165, 1.54) is 12.1 Å². The number of carbonyl (C=O) groups is 1. The van der Waals surface area contributed by atoms with Gasteiger partial charge in [-0.3, -0.25) is 4.79 Å². The second-order valence-electron chi connectivity index (χ2n) is 4.64. The lowest BCUT2D eigenvalue weighted by molar-refractivity contribution is -0.120. The van der Waals surface area contributed by atoms with Crippen LogP contribution in [0, 0.1) is 5.82 Å². The van der Waals surface area contributed by atoms with E-state index < -0.39 is 6.10 Å². The maximum atomic E-state index is 12.8. The molecule has 0 aliphatic rings. The molecule has 0 aliphatic carbocycles. The molecule has 0 aliphatic heterocycles. The summed E-state index contributed by atoms with van der Waals surface area (Å²) in [5.41, 5.74) is 1.28. The van der Waals surface area contributed by atoms with Gasteiger partial charge in [-0.05, 0) is 23.8 Å². The van der Waals surface area contributed by atoms with Crippen LogP contribution in [0.4, 0.5) is 4.39 Å². The minimum atomic E-state index is -0.865. The van der Waals surface area contributed by atoms with E-state index in [0.717, 1.165) is 0 Å². The van der Waals surface area contributed by atoms with Crippen molar-refractivity contribution in [2.45, 2.75) is 12.5 Å². The normalized spacial score (nSPS) is 12.0. The van der Waals surface area contributed by atoms with E-state index >= 15 is 0 Å². The topological polar surface area (TPSA) is 49.3 Å². The van der Waals surface area contributed by atoms with Crippen LogP contribution < -0.4 is 5.32 Å². The summed E-state index contributed by atoms with van der Waals surface area (Å²) in [6.45, 7) is 0.0732. The molecule has 2 rings (SSSR count). The fourth-order valence-corrected chi connectivity index (χ4v) is 2.18. The van der Waals surface area contributed by atoms with Gasteiger partial charge in [-0.15, -0.1) is 0 Å². The molecule has 2 N–H and O–H groups in total. The molecule has 21 heavy (non-hydrogen) atoms. The van der Waals surface area contributed by atoms with Crippen LogP contribution in [0.2, 0.25) is 5.02 Å². The van der Waals surface area contributed by atoms with Gasteiger partial charge in [-0.1, -0.05) is 41.9 Å². The summed E-state index contributed by atoms with van der Waals surface area (Å²) in [5, 5.41) is 13.1. The van der Waals surface area contributed by atoms with Gasteiger partial charge >= 0.3 is 0 Å². The van der Waals surface area contributed by atoms with E-state index in [1.807, 2.05) is 0 Å². The quantitative estimate of drug-likeness (QED) is 0.892. The molecule has 1 amide bonds. The predicted molar refractivity (Wildman–Crippen MR) is 79.5 cm³/mol. The van der Waals surface area contributed by atoms with Crippen LogP contribution in [0.1, 0.15) is 17.2 Å². The molecular weight excluding hydrogens is 293 g/mol. The summed E-state index contributed by atoms with van der Waals surface area (Å²) in [6, 6.07) is 12.7. The number of aliphatic hydroxyl groups is 1. The van der Waals surface area contributed by atoms with Crippen LogP contribution in [0.25, 0.3) is 0 Å². The van der Waals surface area contributed by atoms with Gasteiger partial charge in [0.05, 0.1) is 12.5 Å². The van der Waals surface area contributed by atoms with Gasteiger partial charge in [-0.2, -0.15) is 0 Å². The van der Waals surface area contributed by atoms with E-state index in [-0.39, 0.29) is 24.7 Å². The molecule has 1 atom stereocenters. The molecule has 2 aromatic rings. The Labute approximate surface area is 127 Å². The Kier molecular flexibility index (Phi) is 5.31. The van der Waals surface area contributed by atoms with Crippen molar-refractivity contribution in [1.29, 1.82) is 0 Å². The molecule has 0 bridgehead atoms. The smallest absolute Gasteiger partial charge is 0.224 e. The Hall–Kier alpha value is -1.91. The molecule has 2 aromatic carbocycles. The van der Waals surface area contributed by atoms with Crippen molar-refractivity contribution in [1.82, 2.24) is 5.32 Å². The highest BCUT2D eigenvalue weighted by Gasteiger charge is 2.12. The molecule has 0 fully saturated rings. The third-order valence-corrected chi connectivity index (χ3v) is 3.38. The molecule has 1 unspecified atom stereocenters. The highest BCUT2D eigenvalue weighted by atomic mass is 35.5. The number of rotatable bonds is 5. The van der Waals surface area contributed by atoms with E-state index in [0.29, 0.717) is 16.1 Å². The Morgan fingerprint density at radius 3 is 2.52 bits per heavy atom. The molecule has 0 radical (unpaired) electrons. The highest BCUT2D eigenvalue weighted by molar-refractivity contribution is 6.31. The zero-order valence-electron chi connectivity index (χ0n) is 11.2. The lowest BCUT2D eigenvalue weighted by atomic mass is 10.1. The molecule has 0 saturated carbocycles. The van der Waals surface area contributed by atoms with E-state index in [4.69, 9.17) is 11.6 Å². The first kappa shape index (κ1) is 15.5. The van der Waals surface area contributed by atoms with Gasteiger partial charge in [-0.25, -0.2) is 4.39 Å². The van der Waals surface area contributed by atoms with Crippen LogP contribution in [0.5, 0.6) is 0 Å². The second kappa shape index (κ2) is 7.20. The predicted octanol–water partition coefficient (Wildman–Crippen LogP) is 2.87. The molecule has 110 valence electrons. The van der Waals surface area contributed by atoms with Crippen molar-refractivity contribution in [3.05, 3.63) is 70.5 Å².